The highest BCUT2D eigenvalue weighted by Gasteiger charge is 2.45. The highest BCUT2D eigenvalue weighted by Crippen LogP contribution is 2.50. The van der Waals surface area contributed by atoms with E-state index in [-0.39, 0.29) is 5.41 Å². The fraction of sp³-hybridized carbons (Fsp3) is 0.933. The van der Waals surface area contributed by atoms with Gasteiger partial charge in [-0.2, -0.15) is 0 Å². The van der Waals surface area contributed by atoms with Gasteiger partial charge in [0.15, 0.2) is 0 Å². The van der Waals surface area contributed by atoms with Crippen molar-refractivity contribution in [1.82, 2.24) is 4.90 Å². The monoisotopic (exact) mass is 267 g/mol. The summed E-state index contributed by atoms with van der Waals surface area (Å²) in [4.78, 5) is 2.52. The van der Waals surface area contributed by atoms with Crippen LogP contribution >= 0.6 is 0 Å². The predicted molar refractivity (Wildman–Crippen MR) is 78.4 cm³/mol. The topological polar surface area (TPSA) is 61.8 Å². The van der Waals surface area contributed by atoms with Gasteiger partial charge in [0.05, 0.1) is 0 Å². The van der Waals surface area contributed by atoms with Gasteiger partial charge in [-0.1, -0.05) is 19.0 Å². The Hall–Kier alpha value is -0.770. The summed E-state index contributed by atoms with van der Waals surface area (Å²) >= 11 is 0. The second kappa shape index (κ2) is 5.31. The summed E-state index contributed by atoms with van der Waals surface area (Å²) in [6.07, 6.45) is 8.44. The molecule has 2 saturated carbocycles. The van der Waals surface area contributed by atoms with Gasteiger partial charge in [-0.05, 0) is 56.4 Å². The number of amidine groups is 1. The van der Waals surface area contributed by atoms with Gasteiger partial charge in [-0.25, -0.2) is 0 Å². The molecule has 4 nitrogen and oxygen atoms in total. The van der Waals surface area contributed by atoms with Gasteiger partial charge in [0.2, 0.25) is 0 Å². The second-order valence-electron chi connectivity index (χ2n) is 7.58. The molecule has 0 saturated heterocycles. The molecule has 0 amide bonds. The maximum absolute atomic E-state index is 8.72. The SMILES string of the molecule is CN(CC1(CC(N)=NO)CC1)C1CCC(C)(C)CC1. The fourth-order valence-corrected chi connectivity index (χ4v) is 3.47. The molecule has 2 rings (SSSR count). The fourth-order valence-electron chi connectivity index (χ4n) is 3.47. The molecule has 0 radical (unpaired) electrons. The third-order valence-corrected chi connectivity index (χ3v) is 5.16. The average Bonchev–Trinajstić information content (AvgIpc) is 3.08. The van der Waals surface area contributed by atoms with E-state index in [2.05, 4.69) is 31.0 Å². The smallest absolute Gasteiger partial charge is 0.139 e. The number of nitrogens with two attached hydrogens (primary N) is 1. The van der Waals surface area contributed by atoms with Crippen molar-refractivity contribution in [3.8, 4) is 0 Å². The minimum absolute atomic E-state index is 0.290. The van der Waals surface area contributed by atoms with Crippen LogP contribution in [0.4, 0.5) is 0 Å². The molecule has 2 fully saturated rings. The number of hydrogen-bond donors (Lipinski definition) is 2. The Labute approximate surface area is 117 Å². The van der Waals surface area contributed by atoms with Crippen molar-refractivity contribution in [1.29, 1.82) is 0 Å². The summed E-state index contributed by atoms with van der Waals surface area (Å²) in [6.45, 7) is 5.85. The maximum Gasteiger partial charge on any atom is 0.139 e. The van der Waals surface area contributed by atoms with E-state index in [1.165, 1.54) is 38.5 Å². The molecule has 0 aromatic rings. The molecule has 0 aromatic heterocycles. The quantitative estimate of drug-likeness (QED) is 0.348. The Kier molecular flexibility index (Phi) is 4.09. The van der Waals surface area contributed by atoms with E-state index in [0.29, 0.717) is 11.3 Å². The van der Waals surface area contributed by atoms with Crippen LogP contribution in [0.25, 0.3) is 0 Å². The zero-order chi connectivity index (χ0) is 14.1. The molecule has 2 aliphatic rings. The number of rotatable bonds is 5. The van der Waals surface area contributed by atoms with Gasteiger partial charge < -0.3 is 15.8 Å². The summed E-state index contributed by atoms with van der Waals surface area (Å²) in [5, 5.41) is 11.8. The molecule has 0 aromatic carbocycles. The minimum atomic E-state index is 0.290. The van der Waals surface area contributed by atoms with E-state index in [0.717, 1.165) is 19.0 Å². The summed E-state index contributed by atoms with van der Waals surface area (Å²) in [7, 11) is 2.25. The first-order chi connectivity index (χ1) is 8.86. The first-order valence-electron chi connectivity index (χ1n) is 7.53. The molecular weight excluding hydrogens is 238 g/mol. The molecule has 0 bridgehead atoms. The Morgan fingerprint density at radius 3 is 2.32 bits per heavy atom. The van der Waals surface area contributed by atoms with Gasteiger partial charge in [0.1, 0.15) is 5.84 Å². The van der Waals surface area contributed by atoms with E-state index < -0.39 is 0 Å². The lowest BCUT2D eigenvalue weighted by Gasteiger charge is -2.39. The number of nitrogens with zero attached hydrogens (tertiary/aromatic N) is 2. The van der Waals surface area contributed by atoms with Crippen molar-refractivity contribution in [3.05, 3.63) is 0 Å². The number of hydrogen-bond acceptors (Lipinski definition) is 3. The number of oxime groups is 1. The van der Waals surface area contributed by atoms with Crippen LogP contribution in [0, 0.1) is 10.8 Å². The van der Waals surface area contributed by atoms with Crippen LogP contribution in [-0.4, -0.2) is 35.6 Å². The minimum Gasteiger partial charge on any atom is -0.409 e. The van der Waals surface area contributed by atoms with Crippen LogP contribution < -0.4 is 5.73 Å². The van der Waals surface area contributed by atoms with E-state index in [9.17, 15) is 0 Å². The largest absolute Gasteiger partial charge is 0.409 e. The Morgan fingerprint density at radius 1 is 1.26 bits per heavy atom. The van der Waals surface area contributed by atoms with Gasteiger partial charge in [-0.15, -0.1) is 0 Å². The van der Waals surface area contributed by atoms with Crippen molar-refractivity contribution in [2.75, 3.05) is 13.6 Å². The third-order valence-electron chi connectivity index (χ3n) is 5.16. The molecule has 19 heavy (non-hydrogen) atoms. The van der Waals surface area contributed by atoms with Crippen LogP contribution in [0.5, 0.6) is 0 Å². The standard InChI is InChI=1S/C15H29N3O/c1-14(2)6-4-12(5-7-14)18(3)11-15(8-9-15)10-13(16)17-19/h12,19H,4-11H2,1-3H3,(H2,16,17). The Balaban J connectivity index is 1.83. The Morgan fingerprint density at radius 2 is 1.84 bits per heavy atom. The lowest BCUT2D eigenvalue weighted by molar-refractivity contribution is 0.111. The highest BCUT2D eigenvalue weighted by molar-refractivity contribution is 5.80. The zero-order valence-corrected chi connectivity index (χ0v) is 12.7. The van der Waals surface area contributed by atoms with Crippen LogP contribution in [0.2, 0.25) is 0 Å². The first-order valence-corrected chi connectivity index (χ1v) is 7.53. The van der Waals surface area contributed by atoms with Gasteiger partial charge in [0.25, 0.3) is 0 Å². The lowest BCUT2D eigenvalue weighted by atomic mass is 9.75. The average molecular weight is 267 g/mol. The third kappa shape index (κ3) is 3.85. The van der Waals surface area contributed by atoms with Crippen molar-refractivity contribution in [3.63, 3.8) is 0 Å². The summed E-state index contributed by atoms with van der Waals surface area (Å²) in [6, 6.07) is 0.720. The summed E-state index contributed by atoms with van der Waals surface area (Å²) in [5.74, 6) is 0.385. The molecule has 110 valence electrons. The maximum atomic E-state index is 8.72. The van der Waals surface area contributed by atoms with E-state index in [1.807, 2.05) is 0 Å². The molecule has 3 N–H and O–H groups in total. The molecule has 0 atom stereocenters. The summed E-state index contributed by atoms with van der Waals surface area (Å²) in [5.41, 5.74) is 6.49. The van der Waals surface area contributed by atoms with Crippen LogP contribution in [0.3, 0.4) is 0 Å². The van der Waals surface area contributed by atoms with E-state index in [1.54, 1.807) is 0 Å². The normalized spacial score (nSPS) is 26.6. The first kappa shape index (κ1) is 14.6. The molecular formula is C15H29N3O. The molecule has 4 heteroatoms. The van der Waals surface area contributed by atoms with Crippen LogP contribution in [-0.2, 0) is 0 Å². The van der Waals surface area contributed by atoms with Crippen molar-refractivity contribution in [2.24, 2.45) is 21.7 Å². The van der Waals surface area contributed by atoms with Crippen molar-refractivity contribution >= 4 is 5.84 Å². The second-order valence-corrected chi connectivity index (χ2v) is 7.58. The van der Waals surface area contributed by atoms with Crippen LogP contribution in [0.15, 0.2) is 5.16 Å². The lowest BCUT2D eigenvalue weighted by Crippen LogP contribution is -2.40. The summed E-state index contributed by atoms with van der Waals surface area (Å²) < 4.78 is 0. The molecule has 0 aliphatic heterocycles. The molecule has 0 spiro atoms. The molecule has 0 heterocycles. The molecule has 0 unspecified atom stereocenters. The van der Waals surface area contributed by atoms with Gasteiger partial charge in [0, 0.05) is 19.0 Å². The Bertz CT molecular complexity index is 337. The van der Waals surface area contributed by atoms with E-state index >= 15 is 0 Å². The van der Waals surface area contributed by atoms with Crippen molar-refractivity contribution < 1.29 is 5.21 Å². The van der Waals surface area contributed by atoms with E-state index in [4.69, 9.17) is 10.9 Å². The zero-order valence-electron chi connectivity index (χ0n) is 12.7. The van der Waals surface area contributed by atoms with Gasteiger partial charge in [-0.3, -0.25) is 0 Å². The van der Waals surface area contributed by atoms with Crippen LogP contribution in [0.1, 0.15) is 58.8 Å². The highest BCUT2D eigenvalue weighted by atomic mass is 16.4. The molecule has 2 aliphatic carbocycles. The van der Waals surface area contributed by atoms with Crippen molar-refractivity contribution in [2.45, 2.75) is 64.8 Å². The predicted octanol–water partition coefficient (Wildman–Crippen LogP) is 2.80. The van der Waals surface area contributed by atoms with Gasteiger partial charge >= 0.3 is 0 Å².